The van der Waals surface area contributed by atoms with Crippen molar-refractivity contribution in [3.63, 3.8) is 0 Å². The fourth-order valence-electron chi connectivity index (χ4n) is 4.56. The van der Waals surface area contributed by atoms with Crippen LogP contribution in [0.25, 0.3) is 32.3 Å². The normalized spacial score (nSPS) is 11.4. The zero-order chi connectivity index (χ0) is 37.9. The van der Waals surface area contributed by atoms with E-state index in [1.807, 2.05) is 0 Å². The molecule has 0 aliphatic rings. The van der Waals surface area contributed by atoms with Crippen molar-refractivity contribution in [1.82, 2.24) is 0 Å². The maximum Gasteiger partial charge on any atom is 3.00 e. The Morgan fingerprint density at radius 2 is 0.615 bits per heavy atom. The van der Waals surface area contributed by atoms with Gasteiger partial charge in [0.2, 0.25) is 0 Å². The molecule has 22 heteroatoms. The van der Waals surface area contributed by atoms with Crippen molar-refractivity contribution in [2.45, 2.75) is 14.7 Å². The summed E-state index contributed by atoms with van der Waals surface area (Å²) in [4.78, 5) is 30.2. The van der Waals surface area contributed by atoms with Crippen molar-refractivity contribution in [2.75, 3.05) is 0 Å². The van der Waals surface area contributed by atoms with Gasteiger partial charge in [-0.05, 0) is 68.1 Å². The van der Waals surface area contributed by atoms with Gasteiger partial charge >= 0.3 is 17.1 Å². The van der Waals surface area contributed by atoms with E-state index in [-0.39, 0.29) is 50.3 Å². The SMILES string of the molecule is O=Nc1c([O-])ccc2cc(S(=O)(=O)[O-])ccc12.O=Nc1c([O-])ccc2cc(S(=O)(=O)[O-])ccc12.O=Nc1c([O-])ccc2cc(S(=O)(=O)[O-])ccc12.[Fe+3]. The van der Waals surface area contributed by atoms with Crippen LogP contribution < -0.4 is 15.3 Å². The molecule has 6 rings (SSSR count). The van der Waals surface area contributed by atoms with Gasteiger partial charge in [-0.15, -0.1) is 14.7 Å². The number of nitrogens with zero attached hydrogens (tertiary/aromatic N) is 3. The molecule has 0 unspecified atom stereocenters. The van der Waals surface area contributed by atoms with Gasteiger partial charge in [-0.2, -0.15) is 0 Å². The van der Waals surface area contributed by atoms with Gasteiger partial charge in [-0.25, -0.2) is 25.3 Å². The summed E-state index contributed by atoms with van der Waals surface area (Å²) in [6, 6.07) is 17.4. The van der Waals surface area contributed by atoms with Crippen LogP contribution in [0.4, 0.5) is 17.1 Å². The Bertz CT molecular complexity index is 2430. The number of nitroso groups, excluding NO2 is 3. The molecule has 0 saturated carbocycles. The molecule has 52 heavy (non-hydrogen) atoms. The van der Waals surface area contributed by atoms with Gasteiger partial charge in [0.25, 0.3) is 0 Å². The molecule has 0 aromatic heterocycles. The van der Waals surface area contributed by atoms with E-state index in [1.165, 1.54) is 36.4 Å². The second-order valence-corrected chi connectivity index (χ2v) is 14.2. The van der Waals surface area contributed by atoms with Gasteiger partial charge in [0.05, 0.1) is 14.7 Å². The molecule has 0 N–H and O–H groups in total. The van der Waals surface area contributed by atoms with Crippen molar-refractivity contribution >= 4 is 79.7 Å². The molecule has 0 bridgehead atoms. The third-order valence-corrected chi connectivity index (χ3v) is 9.41. The second kappa shape index (κ2) is 15.8. The molecule has 6 aromatic rings. The molecule has 269 valence electrons. The largest absolute Gasteiger partial charge is 3.00 e. The molecule has 0 spiro atoms. The Hall–Kier alpha value is -5.45. The van der Waals surface area contributed by atoms with Gasteiger partial charge in [0.1, 0.15) is 47.4 Å². The smallest absolute Gasteiger partial charge is 0.871 e. The molecule has 1 radical (unpaired) electrons. The first-order chi connectivity index (χ1) is 23.8. The average molecular weight is 810 g/mol. The number of benzene rings is 6. The van der Waals surface area contributed by atoms with Gasteiger partial charge in [-0.1, -0.05) is 71.8 Å². The maximum absolute atomic E-state index is 11.3. The van der Waals surface area contributed by atoms with Crippen LogP contribution in [-0.2, 0) is 47.4 Å². The Morgan fingerprint density at radius 3 is 0.808 bits per heavy atom. The third kappa shape index (κ3) is 9.06. The minimum atomic E-state index is -4.56. The summed E-state index contributed by atoms with van der Waals surface area (Å²) in [5, 5.41) is 43.2. The van der Waals surface area contributed by atoms with Crippen LogP contribution in [0.15, 0.2) is 121 Å². The summed E-state index contributed by atoms with van der Waals surface area (Å²) in [6.07, 6.45) is 0. The molecular formula is C30H15FeN3O15S3-3. The standard InChI is InChI=1S/3C10H7NO5S.Fe/c3*12-9-4-1-6-5-7(17(14,15)16)2-3-8(6)10(9)11-13;/h3*1-5,12H,(H,14,15,16);/q;;;+3/p-6. The van der Waals surface area contributed by atoms with E-state index in [1.54, 1.807) is 0 Å². The van der Waals surface area contributed by atoms with Crippen LogP contribution >= 0.6 is 0 Å². The van der Waals surface area contributed by atoms with E-state index in [4.69, 9.17) is 0 Å². The monoisotopic (exact) mass is 809 g/mol. The van der Waals surface area contributed by atoms with Crippen LogP contribution in [-0.4, -0.2) is 38.9 Å². The summed E-state index contributed by atoms with van der Waals surface area (Å²) in [5.41, 5.74) is -0.882. The Balaban J connectivity index is 0.000000208. The number of hydrogen-bond acceptors (Lipinski definition) is 18. The van der Waals surface area contributed by atoms with Crippen LogP contribution in [0.2, 0.25) is 0 Å². The fraction of sp³-hybridized carbons (Fsp3) is 0. The molecule has 0 amide bonds. The molecular weight excluding hydrogens is 794 g/mol. The topological polar surface area (TPSA) is 329 Å². The Kier molecular flexibility index (Phi) is 12.5. The predicted molar refractivity (Wildman–Crippen MR) is 170 cm³/mol. The maximum atomic E-state index is 11.3. The van der Waals surface area contributed by atoms with Crippen molar-refractivity contribution in [3.8, 4) is 17.2 Å². The summed E-state index contributed by atoms with van der Waals surface area (Å²) >= 11 is 0. The summed E-state index contributed by atoms with van der Waals surface area (Å²) < 4.78 is 97.2. The van der Waals surface area contributed by atoms with Gasteiger partial charge in [0, 0.05) is 16.2 Å². The van der Waals surface area contributed by atoms with Gasteiger partial charge in [-0.3, -0.25) is 0 Å². The third-order valence-electron chi connectivity index (χ3n) is 6.92. The first kappa shape index (κ1) is 41.0. The van der Waals surface area contributed by atoms with Crippen LogP contribution in [0.5, 0.6) is 17.2 Å². The van der Waals surface area contributed by atoms with Crippen LogP contribution in [0.3, 0.4) is 0 Å². The first-order valence-corrected chi connectivity index (χ1v) is 17.6. The molecule has 0 saturated heterocycles. The second-order valence-electron chi connectivity index (χ2n) is 10.0. The molecule has 18 nitrogen and oxygen atoms in total. The predicted octanol–water partition coefficient (Wildman–Crippen LogP) is 3.64. The fourth-order valence-corrected chi connectivity index (χ4v) is 6.08. The van der Waals surface area contributed by atoms with E-state index in [0.717, 1.165) is 54.6 Å². The van der Waals surface area contributed by atoms with E-state index in [9.17, 15) is 69.0 Å². The minimum Gasteiger partial charge on any atom is -0.871 e. The zero-order valence-corrected chi connectivity index (χ0v) is 28.8. The van der Waals surface area contributed by atoms with Crippen molar-refractivity contribution in [1.29, 1.82) is 0 Å². The molecule has 0 heterocycles. The number of fused-ring (bicyclic) bond motifs is 3. The number of rotatable bonds is 6. The van der Waals surface area contributed by atoms with Crippen molar-refractivity contribution in [2.24, 2.45) is 15.5 Å². The molecule has 0 aliphatic carbocycles. The Morgan fingerprint density at radius 1 is 0.385 bits per heavy atom. The van der Waals surface area contributed by atoms with Crippen molar-refractivity contribution < 1.29 is 71.3 Å². The van der Waals surface area contributed by atoms with Crippen molar-refractivity contribution in [3.05, 3.63) is 106 Å². The van der Waals surface area contributed by atoms with E-state index in [2.05, 4.69) is 15.5 Å². The van der Waals surface area contributed by atoms with Crippen LogP contribution in [0, 0.1) is 14.7 Å². The summed E-state index contributed by atoms with van der Waals surface area (Å²) in [5.74, 6) is -1.65. The number of hydrogen-bond donors (Lipinski definition) is 0. The van der Waals surface area contributed by atoms with Gasteiger partial charge < -0.3 is 29.0 Å². The average Bonchev–Trinajstić information content (AvgIpc) is 3.07. The zero-order valence-electron chi connectivity index (χ0n) is 25.2. The quantitative estimate of drug-likeness (QED) is 0.132. The Labute approximate surface area is 303 Å². The molecule has 6 aromatic carbocycles. The molecule has 0 fully saturated rings. The summed E-state index contributed by atoms with van der Waals surface area (Å²) in [6.45, 7) is 0. The van der Waals surface area contributed by atoms with Crippen LogP contribution in [0.1, 0.15) is 0 Å². The van der Waals surface area contributed by atoms with E-state index < -0.39 is 62.3 Å². The molecule has 0 aliphatic heterocycles. The van der Waals surface area contributed by atoms with E-state index >= 15 is 0 Å². The molecule has 0 atom stereocenters. The summed E-state index contributed by atoms with van der Waals surface area (Å²) in [7, 11) is -13.7. The van der Waals surface area contributed by atoms with E-state index in [0.29, 0.717) is 16.2 Å². The minimum absolute atomic E-state index is 0. The first-order valence-electron chi connectivity index (χ1n) is 13.4. The van der Waals surface area contributed by atoms with Gasteiger partial charge in [0.15, 0.2) is 0 Å².